The first-order chi connectivity index (χ1) is 11.6. The first-order valence-electron chi connectivity index (χ1n) is 8.37. The third kappa shape index (κ3) is 3.27. The van der Waals surface area contributed by atoms with E-state index in [1.54, 1.807) is 29.2 Å². The predicted molar refractivity (Wildman–Crippen MR) is 88.7 cm³/mol. The summed E-state index contributed by atoms with van der Waals surface area (Å²) in [7, 11) is 1.32. The van der Waals surface area contributed by atoms with Crippen LogP contribution in [-0.2, 0) is 14.3 Å². The van der Waals surface area contributed by atoms with Crippen LogP contribution in [0.4, 0.5) is 5.69 Å². The number of likely N-dealkylation sites (tertiary alicyclic amines) is 1. The molecule has 1 aromatic carbocycles. The lowest BCUT2D eigenvalue weighted by Crippen LogP contribution is -2.40. The summed E-state index contributed by atoms with van der Waals surface area (Å²) < 4.78 is 4.72. The zero-order valence-corrected chi connectivity index (χ0v) is 13.9. The summed E-state index contributed by atoms with van der Waals surface area (Å²) in [6.45, 7) is 1.96. The standard InChI is InChI=1S/C18H22N2O4/c1-24-18(23)13-6-5-7-15(10-13)20-12-14(11-16(20)21)17(22)19-8-3-2-4-9-19/h5-7,10,14H,2-4,8-9,11-12H2,1H3. The monoisotopic (exact) mass is 330 g/mol. The third-order valence-electron chi connectivity index (χ3n) is 4.72. The van der Waals surface area contributed by atoms with Crippen LogP contribution in [0.25, 0.3) is 0 Å². The van der Waals surface area contributed by atoms with Crippen LogP contribution in [0, 0.1) is 5.92 Å². The number of rotatable bonds is 3. The first-order valence-corrected chi connectivity index (χ1v) is 8.37. The number of carbonyl (C=O) groups excluding carboxylic acids is 3. The number of carbonyl (C=O) groups is 3. The van der Waals surface area contributed by atoms with Crippen molar-refractivity contribution in [3.63, 3.8) is 0 Å². The van der Waals surface area contributed by atoms with Gasteiger partial charge in [0.05, 0.1) is 18.6 Å². The number of esters is 1. The molecule has 24 heavy (non-hydrogen) atoms. The number of hydrogen-bond acceptors (Lipinski definition) is 4. The molecule has 2 amide bonds. The second-order valence-electron chi connectivity index (χ2n) is 6.33. The number of methoxy groups -OCH3 is 1. The molecule has 1 atom stereocenters. The van der Waals surface area contributed by atoms with Gasteiger partial charge in [0, 0.05) is 31.7 Å². The van der Waals surface area contributed by atoms with Crippen LogP contribution in [0.15, 0.2) is 24.3 Å². The van der Waals surface area contributed by atoms with E-state index in [0.29, 0.717) is 17.8 Å². The Hall–Kier alpha value is -2.37. The van der Waals surface area contributed by atoms with Gasteiger partial charge in [0.15, 0.2) is 0 Å². The lowest BCUT2D eigenvalue weighted by Gasteiger charge is -2.29. The van der Waals surface area contributed by atoms with E-state index in [2.05, 4.69) is 0 Å². The number of amides is 2. The van der Waals surface area contributed by atoms with Crippen LogP contribution in [0.5, 0.6) is 0 Å². The van der Waals surface area contributed by atoms with Crippen LogP contribution >= 0.6 is 0 Å². The average molecular weight is 330 g/mol. The Morgan fingerprint density at radius 1 is 1.17 bits per heavy atom. The Kier molecular flexibility index (Phi) is 4.83. The second kappa shape index (κ2) is 7.03. The lowest BCUT2D eigenvalue weighted by molar-refractivity contribution is -0.136. The summed E-state index contributed by atoms with van der Waals surface area (Å²) in [5.41, 5.74) is 1.03. The van der Waals surface area contributed by atoms with E-state index in [0.717, 1.165) is 25.9 Å². The minimum absolute atomic E-state index is 0.0765. The van der Waals surface area contributed by atoms with E-state index < -0.39 is 5.97 Å². The molecule has 0 bridgehead atoms. The maximum Gasteiger partial charge on any atom is 0.337 e. The van der Waals surface area contributed by atoms with Crippen molar-refractivity contribution in [2.75, 3.05) is 31.6 Å². The van der Waals surface area contributed by atoms with Crippen molar-refractivity contribution in [1.82, 2.24) is 4.90 Å². The number of hydrogen-bond donors (Lipinski definition) is 0. The summed E-state index contributed by atoms with van der Waals surface area (Å²) >= 11 is 0. The molecule has 1 unspecified atom stereocenters. The smallest absolute Gasteiger partial charge is 0.337 e. The molecule has 0 aromatic heterocycles. The van der Waals surface area contributed by atoms with Gasteiger partial charge in [-0.15, -0.1) is 0 Å². The molecule has 6 heteroatoms. The van der Waals surface area contributed by atoms with Crippen molar-refractivity contribution in [2.24, 2.45) is 5.92 Å². The largest absolute Gasteiger partial charge is 0.465 e. The molecule has 0 saturated carbocycles. The highest BCUT2D eigenvalue weighted by molar-refractivity contribution is 6.01. The normalized spacial score (nSPS) is 21.0. The van der Waals surface area contributed by atoms with Crippen molar-refractivity contribution < 1.29 is 19.1 Å². The van der Waals surface area contributed by atoms with Crippen LogP contribution in [0.2, 0.25) is 0 Å². The highest BCUT2D eigenvalue weighted by atomic mass is 16.5. The summed E-state index contributed by atoms with van der Waals surface area (Å²) in [5.74, 6) is -0.733. The minimum Gasteiger partial charge on any atom is -0.465 e. The Morgan fingerprint density at radius 2 is 1.92 bits per heavy atom. The van der Waals surface area contributed by atoms with Crippen molar-refractivity contribution in [2.45, 2.75) is 25.7 Å². The van der Waals surface area contributed by atoms with Gasteiger partial charge in [0.1, 0.15) is 0 Å². The highest BCUT2D eigenvalue weighted by Crippen LogP contribution is 2.28. The maximum absolute atomic E-state index is 12.6. The summed E-state index contributed by atoms with van der Waals surface area (Å²) in [4.78, 5) is 40.1. The summed E-state index contributed by atoms with van der Waals surface area (Å²) in [6, 6.07) is 6.77. The molecular weight excluding hydrogens is 308 g/mol. The van der Waals surface area contributed by atoms with Gasteiger partial charge in [0.2, 0.25) is 11.8 Å². The molecule has 0 spiro atoms. The average Bonchev–Trinajstić information content (AvgIpc) is 3.03. The first kappa shape index (κ1) is 16.5. The van der Waals surface area contributed by atoms with Gasteiger partial charge in [-0.1, -0.05) is 6.07 Å². The molecule has 1 aromatic rings. The van der Waals surface area contributed by atoms with Crippen LogP contribution in [0.1, 0.15) is 36.0 Å². The number of ether oxygens (including phenoxy) is 1. The van der Waals surface area contributed by atoms with Crippen molar-refractivity contribution in [3.05, 3.63) is 29.8 Å². The Bertz CT molecular complexity index is 652. The number of piperidine rings is 1. The number of anilines is 1. The molecule has 3 rings (SSSR count). The SMILES string of the molecule is COC(=O)c1cccc(N2CC(C(=O)N3CCCCC3)CC2=O)c1. The molecule has 0 radical (unpaired) electrons. The third-order valence-corrected chi connectivity index (χ3v) is 4.72. The van der Waals surface area contributed by atoms with Crippen LogP contribution < -0.4 is 4.90 Å². The van der Waals surface area contributed by atoms with Crippen molar-refractivity contribution in [1.29, 1.82) is 0 Å². The van der Waals surface area contributed by atoms with Gasteiger partial charge < -0.3 is 14.5 Å². The fourth-order valence-electron chi connectivity index (χ4n) is 3.41. The molecule has 128 valence electrons. The van der Waals surface area contributed by atoms with Crippen LogP contribution in [0.3, 0.4) is 0 Å². The fraction of sp³-hybridized carbons (Fsp3) is 0.500. The van der Waals surface area contributed by atoms with Gasteiger partial charge in [0.25, 0.3) is 0 Å². The Morgan fingerprint density at radius 3 is 2.62 bits per heavy atom. The Labute approximate surface area is 141 Å². The van der Waals surface area contributed by atoms with Crippen LogP contribution in [-0.4, -0.2) is 49.4 Å². The zero-order chi connectivity index (χ0) is 17.1. The zero-order valence-electron chi connectivity index (χ0n) is 13.9. The van der Waals surface area contributed by atoms with E-state index in [-0.39, 0.29) is 24.2 Å². The van der Waals surface area contributed by atoms with E-state index in [4.69, 9.17) is 4.74 Å². The lowest BCUT2D eigenvalue weighted by atomic mass is 10.0. The Balaban J connectivity index is 1.73. The van der Waals surface area contributed by atoms with E-state index >= 15 is 0 Å². The van der Waals surface area contributed by atoms with Crippen molar-refractivity contribution in [3.8, 4) is 0 Å². The van der Waals surface area contributed by atoms with E-state index in [1.165, 1.54) is 13.5 Å². The van der Waals surface area contributed by atoms with E-state index in [1.807, 2.05) is 4.90 Å². The summed E-state index contributed by atoms with van der Waals surface area (Å²) in [5, 5.41) is 0. The molecule has 6 nitrogen and oxygen atoms in total. The second-order valence-corrected chi connectivity index (χ2v) is 6.33. The highest BCUT2D eigenvalue weighted by Gasteiger charge is 2.37. The number of nitrogens with zero attached hydrogens (tertiary/aromatic N) is 2. The molecule has 2 aliphatic heterocycles. The quantitative estimate of drug-likeness (QED) is 0.793. The molecule has 2 aliphatic rings. The molecule has 2 saturated heterocycles. The molecule has 2 heterocycles. The maximum atomic E-state index is 12.6. The molecule has 2 fully saturated rings. The molecule has 0 aliphatic carbocycles. The van der Waals surface area contributed by atoms with Gasteiger partial charge in [-0.3, -0.25) is 9.59 Å². The fourth-order valence-corrected chi connectivity index (χ4v) is 3.41. The van der Waals surface area contributed by atoms with E-state index in [9.17, 15) is 14.4 Å². The number of benzene rings is 1. The molecule has 0 N–H and O–H groups in total. The predicted octanol–water partition coefficient (Wildman–Crippen LogP) is 1.84. The van der Waals surface area contributed by atoms with Gasteiger partial charge in [-0.2, -0.15) is 0 Å². The van der Waals surface area contributed by atoms with Gasteiger partial charge in [-0.05, 0) is 37.5 Å². The van der Waals surface area contributed by atoms with Crippen molar-refractivity contribution >= 4 is 23.5 Å². The minimum atomic E-state index is -0.440. The summed E-state index contributed by atoms with van der Waals surface area (Å²) in [6.07, 6.45) is 3.48. The molecular formula is C18H22N2O4. The van der Waals surface area contributed by atoms with Gasteiger partial charge >= 0.3 is 5.97 Å². The van der Waals surface area contributed by atoms with Gasteiger partial charge in [-0.25, -0.2) is 4.79 Å². The topological polar surface area (TPSA) is 66.9 Å².